The van der Waals surface area contributed by atoms with Crippen molar-refractivity contribution < 1.29 is 35.9 Å². The van der Waals surface area contributed by atoms with Gasteiger partial charge in [0.2, 0.25) is 11.9 Å². The molecule has 3 heterocycles. The molecule has 0 aromatic carbocycles. The molecule has 1 atom stereocenters. The average molecular weight is 508 g/mol. The maximum atomic E-state index is 13.1. The van der Waals surface area contributed by atoms with Crippen LogP contribution in [0.4, 0.5) is 32.3 Å². The van der Waals surface area contributed by atoms with E-state index < -0.39 is 35.1 Å². The number of alkyl halides is 6. The first-order chi connectivity index (χ1) is 16.3. The normalized spacial score (nSPS) is 15.9. The fourth-order valence-corrected chi connectivity index (χ4v) is 3.63. The summed E-state index contributed by atoms with van der Waals surface area (Å²) in [4.78, 5) is 34.7. The van der Waals surface area contributed by atoms with Crippen LogP contribution in [0, 0.1) is 6.92 Å². The van der Waals surface area contributed by atoms with Crippen LogP contribution < -0.4 is 10.5 Å². The third-order valence-electron chi connectivity index (χ3n) is 5.50. The molecule has 2 aromatic rings. The summed E-state index contributed by atoms with van der Waals surface area (Å²) in [5, 5.41) is 5.48. The molecule has 15 heteroatoms. The lowest BCUT2D eigenvalue weighted by Crippen LogP contribution is -2.49. The highest BCUT2D eigenvalue weighted by molar-refractivity contribution is 5.76. The van der Waals surface area contributed by atoms with Crippen LogP contribution in [0.5, 0.6) is 0 Å². The van der Waals surface area contributed by atoms with Gasteiger partial charge in [-0.05, 0) is 19.4 Å². The van der Waals surface area contributed by atoms with Crippen molar-refractivity contribution >= 4 is 11.9 Å². The number of rotatable bonds is 6. The van der Waals surface area contributed by atoms with Gasteiger partial charge < -0.3 is 14.5 Å². The second-order valence-electron chi connectivity index (χ2n) is 7.84. The number of carbonyl (C=O) groups excluding carboxylic acids is 1. The number of amides is 1. The number of aromatic amines is 1. The molecule has 1 unspecified atom stereocenters. The van der Waals surface area contributed by atoms with Gasteiger partial charge in [0.25, 0.3) is 5.56 Å². The van der Waals surface area contributed by atoms with Gasteiger partial charge in [0.15, 0.2) is 0 Å². The first-order valence-electron chi connectivity index (χ1n) is 10.5. The van der Waals surface area contributed by atoms with Crippen molar-refractivity contribution in [3.8, 4) is 0 Å². The second-order valence-corrected chi connectivity index (χ2v) is 7.84. The van der Waals surface area contributed by atoms with Crippen LogP contribution in [0.2, 0.25) is 0 Å². The summed E-state index contributed by atoms with van der Waals surface area (Å²) in [6, 6.07) is 0. The van der Waals surface area contributed by atoms with Gasteiger partial charge >= 0.3 is 12.4 Å². The van der Waals surface area contributed by atoms with Crippen LogP contribution in [0.25, 0.3) is 0 Å². The minimum Gasteiger partial charge on any atom is -0.372 e. The molecule has 1 aliphatic rings. The van der Waals surface area contributed by atoms with Crippen molar-refractivity contribution in [3.05, 3.63) is 45.1 Å². The average Bonchev–Trinajstić information content (AvgIpc) is 2.77. The monoisotopic (exact) mass is 508 g/mol. The van der Waals surface area contributed by atoms with Gasteiger partial charge in [0.05, 0.1) is 30.4 Å². The van der Waals surface area contributed by atoms with Crippen LogP contribution in [0.1, 0.15) is 41.8 Å². The molecule has 1 N–H and O–H groups in total. The molecule has 35 heavy (non-hydrogen) atoms. The van der Waals surface area contributed by atoms with E-state index >= 15 is 0 Å². The van der Waals surface area contributed by atoms with Gasteiger partial charge in [-0.1, -0.05) is 0 Å². The van der Waals surface area contributed by atoms with E-state index in [1.807, 2.05) is 5.10 Å². The molecule has 9 nitrogen and oxygen atoms in total. The van der Waals surface area contributed by atoms with Gasteiger partial charge in [-0.25, -0.2) is 15.1 Å². The maximum Gasteiger partial charge on any atom is 0.422 e. The maximum absolute atomic E-state index is 13.1. The zero-order chi connectivity index (χ0) is 26.0. The SMILES string of the molecule is Cc1c(C(C)OCCC(=O)N2CCN(c3ncc(C(F)(F)F)cn3)CC2)n[nH]c(=O)c1C(F)(F)F. The molecular formula is C20H22F6N6O3. The summed E-state index contributed by atoms with van der Waals surface area (Å²) < 4.78 is 82.8. The quantitative estimate of drug-likeness (QED) is 0.599. The van der Waals surface area contributed by atoms with E-state index in [9.17, 15) is 35.9 Å². The number of ether oxygens (including phenoxy) is 1. The summed E-state index contributed by atoms with van der Waals surface area (Å²) >= 11 is 0. The Kier molecular flexibility index (Phi) is 7.67. The van der Waals surface area contributed by atoms with Crippen LogP contribution in [-0.4, -0.2) is 63.8 Å². The highest BCUT2D eigenvalue weighted by atomic mass is 19.4. The van der Waals surface area contributed by atoms with Crippen molar-refractivity contribution in [2.75, 3.05) is 37.7 Å². The number of nitrogens with one attached hydrogen (secondary N) is 1. The van der Waals surface area contributed by atoms with Crippen molar-refractivity contribution in [2.45, 2.75) is 38.7 Å². The van der Waals surface area contributed by atoms with Gasteiger partial charge in [0.1, 0.15) is 5.56 Å². The van der Waals surface area contributed by atoms with E-state index in [2.05, 4.69) is 15.1 Å². The topological polar surface area (TPSA) is 104 Å². The molecule has 192 valence electrons. The molecule has 0 bridgehead atoms. The smallest absolute Gasteiger partial charge is 0.372 e. The molecule has 2 aromatic heterocycles. The molecule has 1 fully saturated rings. The first-order valence-corrected chi connectivity index (χ1v) is 10.5. The largest absolute Gasteiger partial charge is 0.422 e. The van der Waals surface area contributed by atoms with Crippen molar-refractivity contribution in [3.63, 3.8) is 0 Å². The zero-order valence-corrected chi connectivity index (χ0v) is 18.7. The summed E-state index contributed by atoms with van der Waals surface area (Å²) in [5.74, 6) is -0.128. The van der Waals surface area contributed by atoms with Gasteiger partial charge in [-0.15, -0.1) is 0 Å². The van der Waals surface area contributed by atoms with Crippen LogP contribution >= 0.6 is 0 Å². The Balaban J connectivity index is 1.50. The fraction of sp³-hybridized carbons (Fsp3) is 0.550. The lowest BCUT2D eigenvalue weighted by molar-refractivity contribution is -0.139. The van der Waals surface area contributed by atoms with E-state index in [-0.39, 0.29) is 49.2 Å². The van der Waals surface area contributed by atoms with Crippen LogP contribution in [0.3, 0.4) is 0 Å². The molecule has 1 amide bonds. The van der Waals surface area contributed by atoms with Crippen LogP contribution in [-0.2, 0) is 21.9 Å². The molecule has 3 rings (SSSR count). The van der Waals surface area contributed by atoms with E-state index in [0.717, 1.165) is 6.92 Å². The zero-order valence-electron chi connectivity index (χ0n) is 18.7. The summed E-state index contributed by atoms with van der Waals surface area (Å²) in [5.41, 5.74) is -4.08. The van der Waals surface area contributed by atoms with Crippen molar-refractivity contribution in [2.24, 2.45) is 0 Å². The van der Waals surface area contributed by atoms with E-state index in [0.29, 0.717) is 25.5 Å². The molecule has 0 spiro atoms. The summed E-state index contributed by atoms with van der Waals surface area (Å²) in [7, 11) is 0. The van der Waals surface area contributed by atoms with E-state index in [4.69, 9.17) is 4.74 Å². The number of hydrogen-bond acceptors (Lipinski definition) is 7. The number of nitrogens with zero attached hydrogens (tertiary/aromatic N) is 5. The third-order valence-corrected chi connectivity index (χ3v) is 5.50. The van der Waals surface area contributed by atoms with Crippen LogP contribution in [0.15, 0.2) is 17.2 Å². The summed E-state index contributed by atoms with van der Waals surface area (Å²) in [6.45, 7) is 3.70. The molecule has 1 aliphatic heterocycles. The molecule has 0 radical (unpaired) electrons. The number of piperazine rings is 1. The first kappa shape index (κ1) is 26.4. The van der Waals surface area contributed by atoms with Gasteiger partial charge in [-0.2, -0.15) is 31.4 Å². The predicted molar refractivity (Wildman–Crippen MR) is 109 cm³/mol. The molecule has 0 aliphatic carbocycles. The minimum absolute atomic E-state index is 0.0460. The Morgan fingerprint density at radius 3 is 2.23 bits per heavy atom. The highest BCUT2D eigenvalue weighted by Gasteiger charge is 2.38. The molecular weight excluding hydrogens is 486 g/mol. The Labute approximate surface area is 195 Å². The number of halogens is 6. The van der Waals surface area contributed by atoms with Crippen molar-refractivity contribution in [1.82, 2.24) is 25.1 Å². The van der Waals surface area contributed by atoms with E-state index in [1.54, 1.807) is 9.80 Å². The Morgan fingerprint density at radius 1 is 1.09 bits per heavy atom. The van der Waals surface area contributed by atoms with E-state index in [1.165, 1.54) is 6.92 Å². The summed E-state index contributed by atoms with van der Waals surface area (Å²) in [6.07, 6.45) is -8.93. The van der Waals surface area contributed by atoms with Gasteiger partial charge in [0, 0.05) is 38.6 Å². The van der Waals surface area contributed by atoms with Gasteiger partial charge in [-0.3, -0.25) is 9.59 Å². The Bertz CT molecular complexity index is 1090. The Hall–Kier alpha value is -3.23. The molecule has 0 saturated carbocycles. The number of carbonyl (C=O) groups is 1. The highest BCUT2D eigenvalue weighted by Crippen LogP contribution is 2.31. The minimum atomic E-state index is -4.85. The lowest BCUT2D eigenvalue weighted by atomic mass is 10.1. The second kappa shape index (κ2) is 10.2. The number of anilines is 1. The standard InChI is InChI=1S/C20H22F6N6O3/c1-11-15(20(24,25)26)17(34)30-29-16(11)12(2)35-8-3-14(33)31-4-6-32(7-5-31)18-27-9-13(10-28-18)19(21,22)23/h9-10,12H,3-8H2,1-2H3,(H,30,34). The molecule has 1 saturated heterocycles. The number of hydrogen-bond donors (Lipinski definition) is 1. The third kappa shape index (κ3) is 6.26. The predicted octanol–water partition coefficient (Wildman–Crippen LogP) is 2.72. The van der Waals surface area contributed by atoms with Crippen molar-refractivity contribution in [1.29, 1.82) is 0 Å². The number of H-pyrrole nitrogens is 1. The number of aromatic nitrogens is 4. The lowest BCUT2D eigenvalue weighted by Gasteiger charge is -2.34. The Morgan fingerprint density at radius 2 is 1.69 bits per heavy atom. The fourth-order valence-electron chi connectivity index (χ4n) is 3.63.